The van der Waals surface area contributed by atoms with Crippen LogP contribution >= 0.6 is 45.3 Å². The van der Waals surface area contributed by atoms with Crippen LogP contribution in [-0.2, 0) is 0 Å². The Hall–Kier alpha value is -4.86. The van der Waals surface area contributed by atoms with Crippen LogP contribution in [0.2, 0.25) is 0 Å². The predicted octanol–water partition coefficient (Wildman–Crippen LogP) is 11.9. The molecule has 8 heteroatoms. The van der Waals surface area contributed by atoms with E-state index in [-0.39, 0.29) is 0 Å². The van der Waals surface area contributed by atoms with Crippen molar-refractivity contribution in [2.75, 3.05) is 0 Å². The molecule has 0 aliphatic heterocycles. The summed E-state index contributed by atoms with van der Waals surface area (Å²) in [4.78, 5) is 21.8. The second-order valence-electron chi connectivity index (χ2n) is 11.2. The van der Waals surface area contributed by atoms with Crippen molar-refractivity contribution in [1.82, 2.24) is 19.9 Å². The highest BCUT2D eigenvalue weighted by molar-refractivity contribution is 7.27. The molecule has 0 unspecified atom stereocenters. The monoisotopic (exact) mass is 660 g/mol. The number of hydrogen-bond acceptors (Lipinski definition) is 8. The van der Waals surface area contributed by atoms with Gasteiger partial charge in [-0.1, -0.05) is 72.8 Å². The molecule has 10 aromatic rings. The van der Waals surface area contributed by atoms with E-state index in [0.717, 1.165) is 51.9 Å². The van der Waals surface area contributed by atoms with Crippen LogP contribution in [0.5, 0.6) is 0 Å². The minimum Gasteiger partial charge on any atom is -0.244 e. The van der Waals surface area contributed by atoms with E-state index in [1.54, 1.807) is 45.3 Å². The third-order valence-corrected chi connectivity index (χ3v) is 12.7. The van der Waals surface area contributed by atoms with Gasteiger partial charge in [0.25, 0.3) is 0 Å². The van der Waals surface area contributed by atoms with Crippen LogP contribution in [0.3, 0.4) is 0 Å². The Morgan fingerprint density at radius 2 is 0.826 bits per heavy atom. The first-order valence-electron chi connectivity index (χ1n) is 14.8. The van der Waals surface area contributed by atoms with Gasteiger partial charge in [0.15, 0.2) is 0 Å². The fraction of sp³-hybridized carbons (Fsp3) is 0. The van der Waals surface area contributed by atoms with E-state index in [9.17, 15) is 0 Å². The zero-order valence-corrected chi connectivity index (χ0v) is 27.2. The molecular weight excluding hydrogens is 641 g/mol. The summed E-state index contributed by atoms with van der Waals surface area (Å²) in [5.74, 6) is 0. The summed E-state index contributed by atoms with van der Waals surface area (Å²) >= 11 is 6.83. The lowest BCUT2D eigenvalue weighted by atomic mass is 10.1. The number of aromatic nitrogens is 4. The van der Waals surface area contributed by atoms with Crippen LogP contribution in [0.15, 0.2) is 122 Å². The van der Waals surface area contributed by atoms with Gasteiger partial charge in [0.05, 0.1) is 30.2 Å². The Kier molecular flexibility index (Phi) is 5.92. The molecule has 0 spiro atoms. The van der Waals surface area contributed by atoms with Gasteiger partial charge in [-0.2, -0.15) is 0 Å². The summed E-state index contributed by atoms with van der Waals surface area (Å²) in [6.45, 7) is 0. The highest BCUT2D eigenvalue weighted by Crippen LogP contribution is 2.41. The summed E-state index contributed by atoms with van der Waals surface area (Å²) in [6.07, 6.45) is 3.91. The summed E-state index contributed by atoms with van der Waals surface area (Å²) in [7, 11) is 0. The Labute approximate surface area is 279 Å². The van der Waals surface area contributed by atoms with Gasteiger partial charge in [0.2, 0.25) is 0 Å². The maximum Gasteiger partial charge on any atom is 0.136 e. The SMILES string of the molecule is c1ccc2cc(-c3ncc(-c4nc5cc6cc7sc(-c8cnc(-c9ccc%10ccccc%10c9)s8)nc7cc6cc5s4)s3)ccc2c1. The van der Waals surface area contributed by atoms with E-state index in [1.807, 2.05) is 12.4 Å². The summed E-state index contributed by atoms with van der Waals surface area (Å²) < 4.78 is 2.33. The van der Waals surface area contributed by atoms with E-state index in [4.69, 9.17) is 19.9 Å². The van der Waals surface area contributed by atoms with Gasteiger partial charge >= 0.3 is 0 Å². The summed E-state index contributed by atoms with van der Waals surface area (Å²) in [5, 5.41) is 11.3. The molecule has 0 fully saturated rings. The van der Waals surface area contributed by atoms with Crippen molar-refractivity contribution in [2.24, 2.45) is 0 Å². The molecular formula is C38H20N4S4. The zero-order valence-electron chi connectivity index (χ0n) is 24.0. The van der Waals surface area contributed by atoms with Crippen LogP contribution in [0.25, 0.3) is 93.7 Å². The Morgan fingerprint density at radius 3 is 1.30 bits per heavy atom. The van der Waals surface area contributed by atoms with Gasteiger partial charge in [-0.05, 0) is 68.7 Å². The second-order valence-corrected chi connectivity index (χ2v) is 15.3. The lowest BCUT2D eigenvalue weighted by Gasteiger charge is -2.00. The predicted molar refractivity (Wildman–Crippen MR) is 198 cm³/mol. The van der Waals surface area contributed by atoms with Crippen LogP contribution in [0.1, 0.15) is 0 Å². The third kappa shape index (κ3) is 4.45. The first-order valence-corrected chi connectivity index (χ1v) is 18.0. The summed E-state index contributed by atoms with van der Waals surface area (Å²) in [6, 6.07) is 38.9. The average molecular weight is 661 g/mol. The number of benzene rings is 6. The lowest BCUT2D eigenvalue weighted by molar-refractivity contribution is 1.41. The molecule has 10 rings (SSSR count). The van der Waals surface area contributed by atoms with Gasteiger partial charge in [0, 0.05) is 23.5 Å². The van der Waals surface area contributed by atoms with Crippen LogP contribution < -0.4 is 0 Å². The molecule has 4 heterocycles. The fourth-order valence-electron chi connectivity index (χ4n) is 5.96. The smallest absolute Gasteiger partial charge is 0.136 e. The van der Waals surface area contributed by atoms with E-state index in [1.165, 1.54) is 41.7 Å². The molecule has 0 saturated heterocycles. The zero-order chi connectivity index (χ0) is 30.2. The van der Waals surface area contributed by atoms with Crippen LogP contribution in [-0.4, -0.2) is 19.9 Å². The van der Waals surface area contributed by atoms with Crippen molar-refractivity contribution in [1.29, 1.82) is 0 Å². The standard InChI is InChI=1S/C38H20N4S4/c1-3-7-23-13-25(11-9-21(23)5-1)35-39-19-33(45-35)37-41-29-15-27-18-32-30(16-28(27)17-31(29)43-37)42-38(44-32)34-20-40-36(46-34)26-12-10-22-6-2-4-8-24(22)14-26/h1-20H. The van der Waals surface area contributed by atoms with E-state index in [2.05, 4.69) is 109 Å². The van der Waals surface area contributed by atoms with Crippen LogP contribution in [0, 0.1) is 0 Å². The second kappa shape index (κ2) is 10.3. The van der Waals surface area contributed by atoms with Crippen molar-refractivity contribution in [2.45, 2.75) is 0 Å². The molecule has 4 nitrogen and oxygen atoms in total. The van der Waals surface area contributed by atoms with Crippen molar-refractivity contribution in [3.05, 3.63) is 122 Å². The quantitative estimate of drug-likeness (QED) is 0.188. The molecule has 0 aliphatic carbocycles. The van der Waals surface area contributed by atoms with Crippen molar-refractivity contribution < 1.29 is 0 Å². The molecule has 0 saturated carbocycles. The molecule has 4 aromatic heterocycles. The highest BCUT2D eigenvalue weighted by atomic mass is 32.1. The Bertz CT molecular complexity index is 2530. The van der Waals surface area contributed by atoms with E-state index < -0.39 is 0 Å². The number of thiazole rings is 4. The molecule has 0 radical (unpaired) electrons. The topological polar surface area (TPSA) is 51.6 Å². The first kappa shape index (κ1) is 26.4. The van der Waals surface area contributed by atoms with Gasteiger partial charge in [-0.3, -0.25) is 0 Å². The van der Waals surface area contributed by atoms with Crippen molar-refractivity contribution >= 4 is 98.1 Å². The van der Waals surface area contributed by atoms with Gasteiger partial charge in [-0.25, -0.2) is 19.9 Å². The molecule has 6 aromatic carbocycles. The average Bonchev–Trinajstić information content (AvgIpc) is 3.91. The number of fused-ring (bicyclic) bond motifs is 5. The van der Waals surface area contributed by atoms with Gasteiger partial charge < -0.3 is 0 Å². The Balaban J connectivity index is 0.968. The third-order valence-electron chi connectivity index (χ3n) is 8.28. The minimum atomic E-state index is 1.00. The van der Waals surface area contributed by atoms with Gasteiger partial charge in [-0.15, -0.1) is 45.3 Å². The normalized spacial score (nSPS) is 11.9. The molecule has 216 valence electrons. The maximum absolute atomic E-state index is 5.04. The molecule has 0 amide bonds. The maximum atomic E-state index is 5.04. The Morgan fingerprint density at radius 1 is 0.370 bits per heavy atom. The van der Waals surface area contributed by atoms with Crippen LogP contribution in [0.4, 0.5) is 0 Å². The van der Waals surface area contributed by atoms with E-state index in [0.29, 0.717) is 0 Å². The molecule has 0 N–H and O–H groups in total. The minimum absolute atomic E-state index is 1.00. The number of nitrogens with zero attached hydrogens (tertiary/aromatic N) is 4. The van der Waals surface area contributed by atoms with Gasteiger partial charge in [0.1, 0.15) is 20.0 Å². The highest BCUT2D eigenvalue weighted by Gasteiger charge is 2.15. The molecule has 0 bridgehead atoms. The molecule has 0 aliphatic rings. The lowest BCUT2D eigenvalue weighted by Crippen LogP contribution is -1.76. The van der Waals surface area contributed by atoms with Crippen molar-refractivity contribution in [3.8, 4) is 40.9 Å². The number of hydrogen-bond donors (Lipinski definition) is 0. The van der Waals surface area contributed by atoms with Crippen molar-refractivity contribution in [3.63, 3.8) is 0 Å². The number of rotatable bonds is 4. The first-order chi connectivity index (χ1) is 22.7. The fourth-order valence-corrected chi connectivity index (χ4v) is 9.86. The largest absolute Gasteiger partial charge is 0.244 e. The van der Waals surface area contributed by atoms with E-state index >= 15 is 0 Å². The molecule has 46 heavy (non-hydrogen) atoms. The molecule has 0 atom stereocenters. The summed E-state index contributed by atoms with van der Waals surface area (Å²) in [5.41, 5.74) is 4.30.